The van der Waals surface area contributed by atoms with E-state index in [1.807, 2.05) is 0 Å². The van der Waals surface area contributed by atoms with Gasteiger partial charge in [0.2, 0.25) is 5.91 Å². The first kappa shape index (κ1) is 13.2. The molecule has 0 aromatic heterocycles. The zero-order valence-corrected chi connectivity index (χ0v) is 10.7. The van der Waals surface area contributed by atoms with Gasteiger partial charge in [-0.15, -0.1) is 0 Å². The van der Waals surface area contributed by atoms with Gasteiger partial charge in [0.25, 0.3) is 0 Å². The standard InChI is InChI=1S/C11H8Cl3NO/c1-7(16)15-4-2-3-8-5-9(12)11(14)10(13)6-8/h5-6H,4H2,1H3,(H,15,16). The summed E-state index contributed by atoms with van der Waals surface area (Å²) in [5.41, 5.74) is 0.657. The van der Waals surface area contributed by atoms with E-state index in [0.29, 0.717) is 20.6 Å². The largest absolute Gasteiger partial charge is 0.345 e. The van der Waals surface area contributed by atoms with Crippen molar-refractivity contribution in [3.05, 3.63) is 32.8 Å². The number of halogens is 3. The summed E-state index contributed by atoms with van der Waals surface area (Å²) in [6.07, 6.45) is 0. The fourth-order valence-electron chi connectivity index (χ4n) is 0.943. The van der Waals surface area contributed by atoms with E-state index < -0.39 is 0 Å². The first-order chi connectivity index (χ1) is 7.50. The minimum absolute atomic E-state index is 0.124. The van der Waals surface area contributed by atoms with Crippen LogP contribution in [-0.4, -0.2) is 12.5 Å². The van der Waals surface area contributed by atoms with Gasteiger partial charge in [-0.1, -0.05) is 46.6 Å². The van der Waals surface area contributed by atoms with Crippen LogP contribution >= 0.6 is 34.8 Å². The fourth-order valence-corrected chi connectivity index (χ4v) is 1.54. The molecule has 1 aromatic rings. The van der Waals surface area contributed by atoms with E-state index in [-0.39, 0.29) is 12.5 Å². The van der Waals surface area contributed by atoms with Crippen LogP contribution in [0.4, 0.5) is 0 Å². The summed E-state index contributed by atoms with van der Waals surface area (Å²) in [6, 6.07) is 3.24. The highest BCUT2D eigenvalue weighted by atomic mass is 35.5. The van der Waals surface area contributed by atoms with Crippen molar-refractivity contribution in [1.82, 2.24) is 5.32 Å². The second kappa shape index (κ2) is 6.00. The first-order valence-electron chi connectivity index (χ1n) is 4.38. The molecule has 1 N–H and O–H groups in total. The predicted octanol–water partition coefficient (Wildman–Crippen LogP) is 3.13. The van der Waals surface area contributed by atoms with Crippen molar-refractivity contribution in [3.63, 3.8) is 0 Å². The average Bonchev–Trinajstić information content (AvgIpc) is 2.20. The molecular formula is C11H8Cl3NO. The first-order valence-corrected chi connectivity index (χ1v) is 5.52. The van der Waals surface area contributed by atoms with E-state index in [9.17, 15) is 4.79 Å². The molecule has 0 atom stereocenters. The highest BCUT2D eigenvalue weighted by Crippen LogP contribution is 2.30. The SMILES string of the molecule is CC(=O)NCC#Cc1cc(Cl)c(Cl)c(Cl)c1. The van der Waals surface area contributed by atoms with Crippen LogP contribution in [0.5, 0.6) is 0 Å². The van der Waals surface area contributed by atoms with Gasteiger partial charge in [-0.2, -0.15) is 0 Å². The minimum Gasteiger partial charge on any atom is -0.345 e. The Labute approximate surface area is 109 Å². The summed E-state index contributed by atoms with van der Waals surface area (Å²) in [4.78, 5) is 10.6. The van der Waals surface area contributed by atoms with Crippen molar-refractivity contribution in [2.45, 2.75) is 6.92 Å². The van der Waals surface area contributed by atoms with Crippen molar-refractivity contribution < 1.29 is 4.79 Å². The molecule has 1 rings (SSSR count). The molecule has 0 heterocycles. The van der Waals surface area contributed by atoms with Crippen molar-refractivity contribution in [3.8, 4) is 11.8 Å². The molecule has 16 heavy (non-hydrogen) atoms. The Morgan fingerprint density at radius 2 is 1.88 bits per heavy atom. The monoisotopic (exact) mass is 275 g/mol. The molecule has 0 saturated heterocycles. The minimum atomic E-state index is -0.124. The normalized spacial score (nSPS) is 9.25. The Bertz CT molecular complexity index is 451. The Hall–Kier alpha value is -0.880. The van der Waals surface area contributed by atoms with E-state index in [0.717, 1.165) is 0 Å². The van der Waals surface area contributed by atoms with Crippen molar-refractivity contribution >= 4 is 40.7 Å². The van der Waals surface area contributed by atoms with E-state index in [1.165, 1.54) is 6.92 Å². The van der Waals surface area contributed by atoms with Gasteiger partial charge in [0.15, 0.2) is 0 Å². The third kappa shape index (κ3) is 3.94. The Morgan fingerprint density at radius 3 is 2.38 bits per heavy atom. The third-order valence-electron chi connectivity index (χ3n) is 1.64. The van der Waals surface area contributed by atoms with Gasteiger partial charge in [-0.05, 0) is 12.1 Å². The molecule has 0 aliphatic rings. The van der Waals surface area contributed by atoms with Crippen molar-refractivity contribution in [2.24, 2.45) is 0 Å². The van der Waals surface area contributed by atoms with Crippen molar-refractivity contribution in [2.75, 3.05) is 6.54 Å². The molecule has 0 fully saturated rings. The summed E-state index contributed by atoms with van der Waals surface area (Å²) < 4.78 is 0. The number of carbonyl (C=O) groups is 1. The van der Waals surface area contributed by atoms with E-state index >= 15 is 0 Å². The Morgan fingerprint density at radius 1 is 1.31 bits per heavy atom. The Balaban J connectivity index is 2.78. The number of benzene rings is 1. The summed E-state index contributed by atoms with van der Waals surface area (Å²) in [5.74, 6) is 5.46. The number of hydrogen-bond donors (Lipinski definition) is 1. The van der Waals surface area contributed by atoms with Crippen LogP contribution in [0.25, 0.3) is 0 Å². The van der Waals surface area contributed by atoms with Gasteiger partial charge in [0.05, 0.1) is 21.6 Å². The molecule has 0 saturated carbocycles. The smallest absolute Gasteiger partial charge is 0.217 e. The molecule has 84 valence electrons. The van der Waals surface area contributed by atoms with Gasteiger partial charge in [-0.25, -0.2) is 0 Å². The van der Waals surface area contributed by atoms with Crippen LogP contribution in [-0.2, 0) is 4.79 Å². The van der Waals surface area contributed by atoms with Crippen LogP contribution in [0.2, 0.25) is 15.1 Å². The lowest BCUT2D eigenvalue weighted by Gasteiger charge is -1.99. The molecule has 5 heteroatoms. The van der Waals surface area contributed by atoms with E-state index in [1.54, 1.807) is 12.1 Å². The maximum Gasteiger partial charge on any atom is 0.217 e. The van der Waals surface area contributed by atoms with E-state index in [4.69, 9.17) is 34.8 Å². The topological polar surface area (TPSA) is 29.1 Å². The van der Waals surface area contributed by atoms with Crippen LogP contribution in [0.3, 0.4) is 0 Å². The van der Waals surface area contributed by atoms with Crippen molar-refractivity contribution in [1.29, 1.82) is 0 Å². The second-order valence-electron chi connectivity index (χ2n) is 2.97. The lowest BCUT2D eigenvalue weighted by Crippen LogP contribution is -2.19. The summed E-state index contributed by atoms with van der Waals surface area (Å²) in [7, 11) is 0. The summed E-state index contributed by atoms with van der Waals surface area (Å²) in [6.45, 7) is 1.71. The molecule has 1 aromatic carbocycles. The summed E-state index contributed by atoms with van der Waals surface area (Å²) in [5, 5.41) is 3.59. The third-order valence-corrected chi connectivity index (χ3v) is 2.84. The van der Waals surface area contributed by atoms with Gasteiger partial charge >= 0.3 is 0 Å². The second-order valence-corrected chi connectivity index (χ2v) is 4.16. The number of nitrogens with one attached hydrogen (secondary N) is 1. The lowest BCUT2D eigenvalue weighted by molar-refractivity contribution is -0.118. The number of hydrogen-bond acceptors (Lipinski definition) is 1. The predicted molar refractivity (Wildman–Crippen MR) is 67.0 cm³/mol. The molecule has 0 unspecified atom stereocenters. The molecule has 1 amide bonds. The maximum absolute atomic E-state index is 10.6. The molecule has 0 radical (unpaired) electrons. The zero-order valence-electron chi connectivity index (χ0n) is 8.40. The molecule has 2 nitrogen and oxygen atoms in total. The molecule has 0 bridgehead atoms. The summed E-state index contributed by atoms with van der Waals surface area (Å²) >= 11 is 17.4. The van der Waals surface area contributed by atoms with Crippen LogP contribution in [0.15, 0.2) is 12.1 Å². The molecule has 0 spiro atoms. The molecule has 0 aliphatic carbocycles. The fraction of sp³-hybridized carbons (Fsp3) is 0.182. The Kier molecular flexibility index (Phi) is 4.95. The lowest BCUT2D eigenvalue weighted by atomic mass is 10.2. The van der Waals surface area contributed by atoms with Gasteiger partial charge in [-0.3, -0.25) is 4.79 Å². The van der Waals surface area contributed by atoms with E-state index in [2.05, 4.69) is 17.2 Å². The highest BCUT2D eigenvalue weighted by Gasteiger charge is 2.03. The number of rotatable bonds is 1. The quantitative estimate of drug-likeness (QED) is 0.620. The number of carbonyl (C=O) groups excluding carboxylic acids is 1. The number of amides is 1. The zero-order chi connectivity index (χ0) is 12.1. The molecule has 0 aliphatic heterocycles. The average molecular weight is 277 g/mol. The highest BCUT2D eigenvalue weighted by molar-refractivity contribution is 6.48. The van der Waals surface area contributed by atoms with Gasteiger partial charge in [0, 0.05) is 12.5 Å². The van der Waals surface area contributed by atoms with Crippen LogP contribution < -0.4 is 5.32 Å². The van der Waals surface area contributed by atoms with Gasteiger partial charge in [0.1, 0.15) is 0 Å². The van der Waals surface area contributed by atoms with Gasteiger partial charge < -0.3 is 5.32 Å². The molecular weight excluding hydrogens is 268 g/mol. The van der Waals surface area contributed by atoms with Crippen LogP contribution in [0, 0.1) is 11.8 Å². The van der Waals surface area contributed by atoms with Crippen LogP contribution in [0.1, 0.15) is 12.5 Å². The maximum atomic E-state index is 10.6.